The summed E-state index contributed by atoms with van der Waals surface area (Å²) < 4.78 is 6.47. The van der Waals surface area contributed by atoms with E-state index in [0.717, 1.165) is 23.9 Å². The Bertz CT molecular complexity index is 447. The smallest absolute Gasteiger partial charge is 0.139 e. The molecule has 0 saturated carbocycles. The highest BCUT2D eigenvalue weighted by Crippen LogP contribution is 2.34. The summed E-state index contributed by atoms with van der Waals surface area (Å²) in [6, 6.07) is 3.51. The average molecular weight is 397 g/mol. The molecule has 2 nitrogen and oxygen atoms in total. The van der Waals surface area contributed by atoms with Crippen molar-refractivity contribution in [2.45, 2.75) is 52.0 Å². The minimum atomic E-state index is 0.209. The molecule has 5 heteroatoms. The van der Waals surface area contributed by atoms with E-state index in [0.29, 0.717) is 22.4 Å². The molecule has 0 aliphatic heterocycles. The minimum absolute atomic E-state index is 0.209. The van der Waals surface area contributed by atoms with Crippen LogP contribution in [-0.4, -0.2) is 18.7 Å². The van der Waals surface area contributed by atoms with Gasteiger partial charge in [0.15, 0.2) is 0 Å². The lowest BCUT2D eigenvalue weighted by atomic mass is 10.1. The number of unbranched alkanes of at least 4 members (excludes halogenated alkanes) is 3. The van der Waals surface area contributed by atoms with Crippen molar-refractivity contribution in [3.63, 3.8) is 0 Å². The van der Waals surface area contributed by atoms with Gasteiger partial charge in [-0.2, -0.15) is 0 Å². The Morgan fingerprint density at radius 1 is 1.05 bits per heavy atom. The van der Waals surface area contributed by atoms with Crippen LogP contribution in [0.1, 0.15) is 46.5 Å². The zero-order valence-corrected chi connectivity index (χ0v) is 16.0. The summed E-state index contributed by atoms with van der Waals surface area (Å²) in [5.74, 6) is 0.652. The van der Waals surface area contributed by atoms with Gasteiger partial charge in [-0.25, -0.2) is 0 Å². The van der Waals surface area contributed by atoms with Crippen molar-refractivity contribution >= 4 is 39.1 Å². The highest BCUT2D eigenvalue weighted by molar-refractivity contribution is 9.10. The van der Waals surface area contributed by atoms with Gasteiger partial charge >= 0.3 is 0 Å². The summed E-state index contributed by atoms with van der Waals surface area (Å²) in [7, 11) is 0. The summed E-state index contributed by atoms with van der Waals surface area (Å²) in [4.78, 5) is 0. The molecule has 0 unspecified atom stereocenters. The van der Waals surface area contributed by atoms with Crippen LogP contribution in [0.2, 0.25) is 10.0 Å². The van der Waals surface area contributed by atoms with Gasteiger partial charge in [0.25, 0.3) is 0 Å². The molecule has 0 atom stereocenters. The second-order valence-corrected chi connectivity index (χ2v) is 7.80. The number of rotatable bonds is 8. The Balaban J connectivity index is 2.14. The Kier molecular flexibility index (Phi) is 8.40. The number of hydrogen-bond acceptors (Lipinski definition) is 2. The number of benzene rings is 1. The molecule has 120 valence electrons. The zero-order chi connectivity index (χ0) is 15.9. The van der Waals surface area contributed by atoms with Crippen LogP contribution in [0.25, 0.3) is 0 Å². The fraction of sp³-hybridized carbons (Fsp3) is 0.625. The van der Waals surface area contributed by atoms with Gasteiger partial charge in [-0.3, -0.25) is 0 Å². The SMILES string of the molecule is CC(C)(C)NCCCCCCOc1cc(Cl)c(Br)cc1Cl. The van der Waals surface area contributed by atoms with Crippen LogP contribution in [0, 0.1) is 0 Å². The molecule has 1 aromatic rings. The van der Waals surface area contributed by atoms with Gasteiger partial charge in [0.2, 0.25) is 0 Å². The highest BCUT2D eigenvalue weighted by Gasteiger charge is 2.08. The van der Waals surface area contributed by atoms with Gasteiger partial charge in [-0.1, -0.05) is 36.0 Å². The van der Waals surface area contributed by atoms with Crippen molar-refractivity contribution in [3.05, 3.63) is 26.7 Å². The molecule has 1 aromatic carbocycles. The van der Waals surface area contributed by atoms with Gasteiger partial charge in [-0.05, 0) is 62.2 Å². The molecule has 1 N–H and O–H groups in total. The third kappa shape index (κ3) is 8.29. The maximum Gasteiger partial charge on any atom is 0.139 e. The van der Waals surface area contributed by atoms with Crippen LogP contribution in [0.3, 0.4) is 0 Å². The van der Waals surface area contributed by atoms with Gasteiger partial charge < -0.3 is 10.1 Å². The molecule has 0 bridgehead atoms. The topological polar surface area (TPSA) is 21.3 Å². The molecule has 0 saturated heterocycles. The van der Waals surface area contributed by atoms with Crippen molar-refractivity contribution in [1.82, 2.24) is 5.32 Å². The first-order valence-corrected chi connectivity index (χ1v) is 8.87. The first-order valence-electron chi connectivity index (χ1n) is 7.32. The second kappa shape index (κ2) is 9.24. The van der Waals surface area contributed by atoms with E-state index in [9.17, 15) is 0 Å². The lowest BCUT2D eigenvalue weighted by molar-refractivity contribution is 0.304. The van der Waals surface area contributed by atoms with E-state index in [1.54, 1.807) is 12.1 Å². The zero-order valence-electron chi connectivity index (χ0n) is 12.9. The molecule has 0 aromatic heterocycles. The third-order valence-electron chi connectivity index (χ3n) is 2.96. The maximum absolute atomic E-state index is 6.10. The van der Waals surface area contributed by atoms with Crippen molar-refractivity contribution < 1.29 is 4.74 Å². The molecular formula is C16H24BrCl2NO. The van der Waals surface area contributed by atoms with Crippen LogP contribution in [0.5, 0.6) is 5.75 Å². The predicted molar refractivity (Wildman–Crippen MR) is 95.9 cm³/mol. The van der Waals surface area contributed by atoms with Crippen molar-refractivity contribution in [2.75, 3.05) is 13.2 Å². The Hall–Kier alpha value is 0.0400. The third-order valence-corrected chi connectivity index (χ3v) is 4.45. The molecule has 0 aliphatic rings. The summed E-state index contributed by atoms with van der Waals surface area (Å²) in [5.41, 5.74) is 0.209. The lowest BCUT2D eigenvalue weighted by Gasteiger charge is -2.20. The quantitative estimate of drug-likeness (QED) is 0.424. The first kappa shape index (κ1) is 19.1. The summed E-state index contributed by atoms with van der Waals surface area (Å²) in [6.07, 6.45) is 4.59. The van der Waals surface area contributed by atoms with E-state index in [-0.39, 0.29) is 5.54 Å². The van der Waals surface area contributed by atoms with E-state index in [1.165, 1.54) is 12.8 Å². The van der Waals surface area contributed by atoms with Crippen LogP contribution in [-0.2, 0) is 0 Å². The Morgan fingerprint density at radius 2 is 1.71 bits per heavy atom. The largest absolute Gasteiger partial charge is 0.492 e. The fourth-order valence-corrected chi connectivity index (χ4v) is 2.69. The minimum Gasteiger partial charge on any atom is -0.492 e. The molecule has 1 rings (SSSR count). The van der Waals surface area contributed by atoms with E-state index >= 15 is 0 Å². The van der Waals surface area contributed by atoms with E-state index in [2.05, 4.69) is 42.0 Å². The van der Waals surface area contributed by atoms with Crippen LogP contribution in [0.4, 0.5) is 0 Å². The molecule has 0 spiro atoms. The number of halogens is 3. The van der Waals surface area contributed by atoms with Crippen molar-refractivity contribution in [3.8, 4) is 5.75 Å². The maximum atomic E-state index is 6.10. The fourth-order valence-electron chi connectivity index (χ4n) is 1.84. The number of nitrogens with one attached hydrogen (secondary N) is 1. The number of ether oxygens (including phenoxy) is 1. The molecular weight excluding hydrogens is 373 g/mol. The lowest BCUT2D eigenvalue weighted by Crippen LogP contribution is -2.36. The van der Waals surface area contributed by atoms with Crippen LogP contribution >= 0.6 is 39.1 Å². The molecule has 21 heavy (non-hydrogen) atoms. The van der Waals surface area contributed by atoms with Gasteiger partial charge in [0.1, 0.15) is 5.75 Å². The summed E-state index contributed by atoms with van der Waals surface area (Å²) >= 11 is 15.5. The van der Waals surface area contributed by atoms with Gasteiger partial charge in [0.05, 0.1) is 16.7 Å². The predicted octanol–water partition coefficient (Wildman–Crippen LogP) is 6.08. The molecule has 0 fully saturated rings. The standard InChI is InChI=1S/C16H24BrCl2NO/c1-16(2,3)20-8-6-4-5-7-9-21-15-11-13(18)12(17)10-14(15)19/h10-11,20H,4-9H2,1-3H3. The van der Waals surface area contributed by atoms with Crippen LogP contribution in [0.15, 0.2) is 16.6 Å². The molecule has 0 amide bonds. The molecule has 0 heterocycles. The van der Waals surface area contributed by atoms with E-state index in [4.69, 9.17) is 27.9 Å². The first-order chi connectivity index (χ1) is 9.79. The number of hydrogen-bond donors (Lipinski definition) is 1. The summed E-state index contributed by atoms with van der Waals surface area (Å²) in [6.45, 7) is 8.30. The van der Waals surface area contributed by atoms with Gasteiger partial charge in [0, 0.05) is 16.1 Å². The molecule has 0 radical (unpaired) electrons. The Morgan fingerprint density at radius 3 is 2.38 bits per heavy atom. The Labute approximate surface area is 146 Å². The second-order valence-electron chi connectivity index (χ2n) is 6.14. The summed E-state index contributed by atoms with van der Waals surface area (Å²) in [5, 5.41) is 4.69. The molecule has 0 aliphatic carbocycles. The monoisotopic (exact) mass is 395 g/mol. The average Bonchev–Trinajstić information content (AvgIpc) is 2.37. The van der Waals surface area contributed by atoms with Crippen molar-refractivity contribution in [2.24, 2.45) is 0 Å². The van der Waals surface area contributed by atoms with Crippen LogP contribution < -0.4 is 10.1 Å². The van der Waals surface area contributed by atoms with E-state index < -0.39 is 0 Å². The van der Waals surface area contributed by atoms with E-state index in [1.807, 2.05) is 0 Å². The van der Waals surface area contributed by atoms with Gasteiger partial charge in [-0.15, -0.1) is 0 Å². The van der Waals surface area contributed by atoms with Crippen molar-refractivity contribution in [1.29, 1.82) is 0 Å². The normalized spacial score (nSPS) is 11.7. The highest BCUT2D eigenvalue weighted by atomic mass is 79.9.